The molecule has 0 saturated carbocycles. The summed E-state index contributed by atoms with van der Waals surface area (Å²) in [6.45, 7) is 2.54. The third-order valence-corrected chi connectivity index (χ3v) is 2.32. The van der Waals surface area contributed by atoms with Crippen LogP contribution in [-0.4, -0.2) is 22.6 Å². The molecule has 4 nitrogen and oxygen atoms in total. The van der Waals surface area contributed by atoms with E-state index in [9.17, 15) is 4.79 Å². The van der Waals surface area contributed by atoms with Crippen LogP contribution in [0, 0.1) is 0 Å². The van der Waals surface area contributed by atoms with Gasteiger partial charge in [0.05, 0.1) is 6.20 Å². The molecule has 0 aliphatic heterocycles. The van der Waals surface area contributed by atoms with Gasteiger partial charge in [0.1, 0.15) is 0 Å². The van der Waals surface area contributed by atoms with E-state index >= 15 is 0 Å². The number of rotatable bonds is 3. The Labute approximate surface area is 93.7 Å². The van der Waals surface area contributed by atoms with Crippen LogP contribution in [0.2, 0.25) is 0 Å². The van der Waals surface area contributed by atoms with Crippen molar-refractivity contribution in [2.75, 3.05) is 6.54 Å². The summed E-state index contributed by atoms with van der Waals surface area (Å²) in [5, 5.41) is 9.40. The van der Waals surface area contributed by atoms with Gasteiger partial charge in [-0.15, -0.1) is 0 Å². The van der Waals surface area contributed by atoms with Gasteiger partial charge < -0.3 is 5.32 Å². The van der Waals surface area contributed by atoms with Crippen molar-refractivity contribution in [3.63, 3.8) is 0 Å². The molecule has 1 aromatic carbocycles. The van der Waals surface area contributed by atoms with Gasteiger partial charge in [0, 0.05) is 23.9 Å². The van der Waals surface area contributed by atoms with Crippen LogP contribution < -0.4 is 5.32 Å². The van der Waals surface area contributed by atoms with E-state index in [1.165, 1.54) is 0 Å². The Morgan fingerprint density at radius 2 is 2.06 bits per heavy atom. The fraction of sp³-hybridized carbons (Fsp3) is 0.167. The molecular formula is C12H13N3O. The van der Waals surface area contributed by atoms with Gasteiger partial charge in [0.25, 0.3) is 5.91 Å². The maximum Gasteiger partial charge on any atom is 0.251 e. The van der Waals surface area contributed by atoms with Crippen molar-refractivity contribution in [2.24, 2.45) is 0 Å². The predicted molar refractivity (Wildman–Crippen MR) is 62.0 cm³/mol. The molecule has 1 amide bonds. The van der Waals surface area contributed by atoms with E-state index in [2.05, 4.69) is 15.5 Å². The molecule has 0 fully saturated rings. The zero-order valence-electron chi connectivity index (χ0n) is 9.03. The highest BCUT2D eigenvalue weighted by Gasteiger charge is 2.04. The number of H-pyrrole nitrogens is 1. The normalized spacial score (nSPS) is 10.1. The number of nitrogens with one attached hydrogen (secondary N) is 2. The molecule has 0 aliphatic carbocycles. The van der Waals surface area contributed by atoms with Crippen LogP contribution in [0.15, 0.2) is 36.7 Å². The first-order valence-corrected chi connectivity index (χ1v) is 5.18. The Kier molecular flexibility index (Phi) is 3.00. The second kappa shape index (κ2) is 4.61. The Morgan fingerprint density at radius 1 is 1.31 bits per heavy atom. The van der Waals surface area contributed by atoms with Crippen molar-refractivity contribution >= 4 is 5.91 Å². The van der Waals surface area contributed by atoms with Crippen molar-refractivity contribution in [3.05, 3.63) is 42.2 Å². The fourth-order valence-electron chi connectivity index (χ4n) is 1.49. The zero-order valence-corrected chi connectivity index (χ0v) is 9.03. The molecule has 4 heteroatoms. The number of hydrogen-bond donors (Lipinski definition) is 2. The summed E-state index contributed by atoms with van der Waals surface area (Å²) < 4.78 is 0. The summed E-state index contributed by atoms with van der Waals surface area (Å²) in [5.74, 6) is -0.0405. The van der Waals surface area contributed by atoms with Gasteiger partial charge in [-0.25, -0.2) is 0 Å². The van der Waals surface area contributed by atoms with E-state index in [1.807, 2.05) is 37.4 Å². The lowest BCUT2D eigenvalue weighted by atomic mass is 10.1. The lowest BCUT2D eigenvalue weighted by Crippen LogP contribution is -2.22. The summed E-state index contributed by atoms with van der Waals surface area (Å²) in [7, 11) is 0. The van der Waals surface area contributed by atoms with Gasteiger partial charge >= 0.3 is 0 Å². The number of nitrogens with zero attached hydrogens (tertiary/aromatic N) is 1. The molecule has 1 aromatic heterocycles. The lowest BCUT2D eigenvalue weighted by Gasteiger charge is -2.02. The third-order valence-electron chi connectivity index (χ3n) is 2.32. The van der Waals surface area contributed by atoms with Crippen LogP contribution in [0.3, 0.4) is 0 Å². The third kappa shape index (κ3) is 2.11. The highest BCUT2D eigenvalue weighted by molar-refractivity contribution is 5.94. The maximum absolute atomic E-state index is 11.5. The van der Waals surface area contributed by atoms with Gasteiger partial charge in [0.2, 0.25) is 0 Å². The molecule has 0 bridgehead atoms. The second-order valence-electron chi connectivity index (χ2n) is 3.42. The number of amides is 1. The predicted octanol–water partition coefficient (Wildman–Crippen LogP) is 1.83. The average molecular weight is 215 g/mol. The van der Waals surface area contributed by atoms with Crippen LogP contribution in [0.5, 0.6) is 0 Å². The van der Waals surface area contributed by atoms with Crippen molar-refractivity contribution in [1.29, 1.82) is 0 Å². The van der Waals surface area contributed by atoms with Crippen LogP contribution in [-0.2, 0) is 0 Å². The highest BCUT2D eigenvalue weighted by atomic mass is 16.1. The Morgan fingerprint density at radius 3 is 2.62 bits per heavy atom. The van der Waals surface area contributed by atoms with E-state index in [-0.39, 0.29) is 5.91 Å². The van der Waals surface area contributed by atoms with E-state index in [4.69, 9.17) is 0 Å². The van der Waals surface area contributed by atoms with Crippen molar-refractivity contribution < 1.29 is 4.79 Å². The largest absolute Gasteiger partial charge is 0.352 e. The number of aromatic amines is 1. The quantitative estimate of drug-likeness (QED) is 0.820. The number of carbonyl (C=O) groups is 1. The number of carbonyl (C=O) groups excluding carboxylic acids is 1. The molecule has 0 saturated heterocycles. The summed E-state index contributed by atoms with van der Waals surface area (Å²) >= 11 is 0. The minimum Gasteiger partial charge on any atom is -0.352 e. The van der Waals surface area contributed by atoms with Crippen molar-refractivity contribution in [2.45, 2.75) is 6.92 Å². The molecule has 0 unspecified atom stereocenters. The Balaban J connectivity index is 2.20. The molecule has 0 atom stereocenters. The molecule has 0 radical (unpaired) electrons. The minimum absolute atomic E-state index is 0.0405. The smallest absolute Gasteiger partial charge is 0.251 e. The van der Waals surface area contributed by atoms with Crippen molar-refractivity contribution in [3.8, 4) is 11.1 Å². The summed E-state index contributed by atoms with van der Waals surface area (Å²) in [6, 6.07) is 7.45. The number of benzene rings is 1. The summed E-state index contributed by atoms with van der Waals surface area (Å²) in [5.41, 5.74) is 2.73. The number of hydrogen-bond acceptors (Lipinski definition) is 2. The average Bonchev–Trinajstić information content (AvgIpc) is 2.83. The van der Waals surface area contributed by atoms with Gasteiger partial charge in [-0.1, -0.05) is 12.1 Å². The van der Waals surface area contributed by atoms with E-state index in [0.29, 0.717) is 12.1 Å². The molecule has 0 aliphatic rings. The first-order valence-electron chi connectivity index (χ1n) is 5.18. The standard InChI is InChI=1S/C12H13N3O/c1-2-13-12(16)10-5-3-9(4-6-10)11-7-14-15-8-11/h3-8H,2H2,1H3,(H,13,16)(H,14,15). The molecule has 2 rings (SSSR count). The van der Waals surface area contributed by atoms with Gasteiger partial charge in [0.15, 0.2) is 0 Å². The summed E-state index contributed by atoms with van der Waals surface area (Å²) in [6.07, 6.45) is 3.57. The molecule has 2 aromatic rings. The van der Waals surface area contributed by atoms with Gasteiger partial charge in [-0.3, -0.25) is 9.89 Å². The second-order valence-corrected chi connectivity index (χ2v) is 3.42. The SMILES string of the molecule is CCNC(=O)c1ccc(-c2cn[nH]c2)cc1. The van der Waals surface area contributed by atoms with Crippen LogP contribution >= 0.6 is 0 Å². The van der Waals surface area contributed by atoms with Gasteiger partial charge in [-0.2, -0.15) is 5.10 Å². The first kappa shape index (κ1) is 10.4. The molecule has 82 valence electrons. The molecule has 1 heterocycles. The first-order chi connectivity index (χ1) is 7.81. The topological polar surface area (TPSA) is 57.8 Å². The van der Waals surface area contributed by atoms with Crippen LogP contribution in [0.1, 0.15) is 17.3 Å². The lowest BCUT2D eigenvalue weighted by molar-refractivity contribution is 0.0956. The fourth-order valence-corrected chi connectivity index (χ4v) is 1.49. The van der Waals surface area contributed by atoms with Gasteiger partial charge in [-0.05, 0) is 24.6 Å². The Bertz CT molecular complexity index is 460. The Hall–Kier alpha value is -2.10. The minimum atomic E-state index is -0.0405. The molecular weight excluding hydrogens is 202 g/mol. The van der Waals surface area contributed by atoms with E-state index in [0.717, 1.165) is 11.1 Å². The van der Waals surface area contributed by atoms with Crippen LogP contribution in [0.4, 0.5) is 0 Å². The van der Waals surface area contributed by atoms with E-state index in [1.54, 1.807) is 6.20 Å². The van der Waals surface area contributed by atoms with Crippen LogP contribution in [0.25, 0.3) is 11.1 Å². The van der Waals surface area contributed by atoms with E-state index < -0.39 is 0 Å². The maximum atomic E-state index is 11.5. The van der Waals surface area contributed by atoms with Crippen molar-refractivity contribution in [1.82, 2.24) is 15.5 Å². The monoisotopic (exact) mass is 215 g/mol. The zero-order chi connectivity index (χ0) is 11.4. The molecule has 16 heavy (non-hydrogen) atoms. The molecule has 2 N–H and O–H groups in total. The summed E-state index contributed by atoms with van der Waals surface area (Å²) in [4.78, 5) is 11.5. The highest BCUT2D eigenvalue weighted by Crippen LogP contribution is 2.17. The molecule has 0 spiro atoms. The number of aromatic nitrogens is 2.